The van der Waals surface area contributed by atoms with E-state index in [4.69, 9.17) is 24.7 Å². The van der Waals surface area contributed by atoms with Gasteiger partial charge in [0.2, 0.25) is 0 Å². The number of hydrogen-bond donors (Lipinski definition) is 1. The Labute approximate surface area is 160 Å². The summed E-state index contributed by atoms with van der Waals surface area (Å²) in [6.07, 6.45) is 0. The van der Waals surface area contributed by atoms with Gasteiger partial charge in [0.15, 0.2) is 11.5 Å². The summed E-state index contributed by atoms with van der Waals surface area (Å²) in [6.45, 7) is 0. The van der Waals surface area contributed by atoms with Gasteiger partial charge in [0.25, 0.3) is 0 Å². The highest BCUT2D eigenvalue weighted by atomic mass is 32.2. The van der Waals surface area contributed by atoms with Gasteiger partial charge in [0, 0.05) is 0 Å². The van der Waals surface area contributed by atoms with Gasteiger partial charge in [-0.2, -0.15) is 5.26 Å². The Hall–Kier alpha value is -3.12. The Morgan fingerprint density at radius 3 is 2.22 bits per heavy atom. The molecule has 0 aromatic heterocycles. The average Bonchev–Trinajstić information content (AvgIpc) is 2.70. The Bertz CT molecular complexity index is 884. The van der Waals surface area contributed by atoms with Crippen LogP contribution in [0, 0.1) is 11.3 Å². The van der Waals surface area contributed by atoms with Crippen molar-refractivity contribution in [1.29, 1.82) is 5.26 Å². The standard InChI is InChI=1S/C18H18N2O6S/c1-23-11-6-5-9(7-12(11)24-2)13-10(8-19)16(20)27-15(18(22)26-4)14(13)17(21)25-3/h5-7,13H,20H2,1-4H3. The molecule has 0 spiro atoms. The molecule has 142 valence electrons. The fourth-order valence-corrected chi connectivity index (χ4v) is 3.66. The maximum Gasteiger partial charge on any atom is 0.345 e. The van der Waals surface area contributed by atoms with Crippen LogP contribution in [0.3, 0.4) is 0 Å². The van der Waals surface area contributed by atoms with Crippen molar-refractivity contribution >= 4 is 23.7 Å². The molecule has 1 atom stereocenters. The number of ether oxygens (including phenoxy) is 4. The van der Waals surface area contributed by atoms with Crippen LogP contribution in [-0.4, -0.2) is 40.4 Å². The van der Waals surface area contributed by atoms with E-state index in [0.29, 0.717) is 17.1 Å². The van der Waals surface area contributed by atoms with Crippen LogP contribution in [0.2, 0.25) is 0 Å². The van der Waals surface area contributed by atoms with E-state index in [9.17, 15) is 14.9 Å². The van der Waals surface area contributed by atoms with Gasteiger partial charge in [-0.05, 0) is 17.7 Å². The van der Waals surface area contributed by atoms with Gasteiger partial charge in [-0.15, -0.1) is 0 Å². The Kier molecular flexibility index (Phi) is 6.36. The quantitative estimate of drug-likeness (QED) is 0.750. The van der Waals surface area contributed by atoms with Crippen LogP contribution >= 0.6 is 11.8 Å². The zero-order valence-corrected chi connectivity index (χ0v) is 16.0. The lowest BCUT2D eigenvalue weighted by Crippen LogP contribution is -2.25. The van der Waals surface area contributed by atoms with Gasteiger partial charge < -0.3 is 24.7 Å². The fraction of sp³-hybridized carbons (Fsp3) is 0.278. The van der Waals surface area contributed by atoms with Crippen molar-refractivity contribution in [3.63, 3.8) is 0 Å². The van der Waals surface area contributed by atoms with E-state index in [1.807, 2.05) is 6.07 Å². The van der Waals surface area contributed by atoms with Crippen molar-refractivity contribution in [2.24, 2.45) is 5.73 Å². The summed E-state index contributed by atoms with van der Waals surface area (Å²) in [7, 11) is 5.33. The van der Waals surface area contributed by atoms with Crippen molar-refractivity contribution in [3.8, 4) is 17.6 Å². The van der Waals surface area contributed by atoms with Crippen molar-refractivity contribution < 1.29 is 28.5 Å². The Morgan fingerprint density at radius 1 is 1.07 bits per heavy atom. The first kappa shape index (κ1) is 20.2. The SMILES string of the molecule is COC(=O)C1=C(C(=O)OC)C(c2ccc(OC)c(OC)c2)C(C#N)=C(N)S1. The fourth-order valence-electron chi connectivity index (χ4n) is 2.69. The lowest BCUT2D eigenvalue weighted by atomic mass is 9.84. The molecule has 9 heteroatoms. The Morgan fingerprint density at radius 2 is 1.70 bits per heavy atom. The lowest BCUT2D eigenvalue weighted by Gasteiger charge is -2.27. The molecule has 0 saturated heterocycles. The first-order valence-electron chi connectivity index (χ1n) is 7.63. The molecule has 1 aliphatic heterocycles. The number of nitrogens with two attached hydrogens (primary N) is 1. The smallest absolute Gasteiger partial charge is 0.345 e. The molecular weight excluding hydrogens is 372 g/mol. The molecule has 2 N–H and O–H groups in total. The van der Waals surface area contributed by atoms with Crippen molar-refractivity contribution in [2.75, 3.05) is 28.4 Å². The molecule has 1 aliphatic rings. The van der Waals surface area contributed by atoms with E-state index in [0.717, 1.165) is 11.8 Å². The largest absolute Gasteiger partial charge is 0.493 e. The van der Waals surface area contributed by atoms with Crippen LogP contribution < -0.4 is 15.2 Å². The minimum Gasteiger partial charge on any atom is -0.493 e. The van der Waals surface area contributed by atoms with E-state index in [-0.39, 0.29) is 21.1 Å². The summed E-state index contributed by atoms with van der Waals surface area (Å²) in [6, 6.07) is 6.93. The van der Waals surface area contributed by atoms with Crippen LogP contribution in [0.5, 0.6) is 11.5 Å². The molecule has 1 aromatic carbocycles. The summed E-state index contributed by atoms with van der Waals surface area (Å²) in [5.74, 6) is -1.56. The number of carbonyl (C=O) groups excluding carboxylic acids is 2. The van der Waals surface area contributed by atoms with E-state index in [1.54, 1.807) is 18.2 Å². The summed E-state index contributed by atoms with van der Waals surface area (Å²) in [5, 5.41) is 9.73. The van der Waals surface area contributed by atoms with Gasteiger partial charge in [-0.3, -0.25) is 0 Å². The zero-order chi connectivity index (χ0) is 20.1. The third kappa shape index (κ3) is 3.71. The van der Waals surface area contributed by atoms with Gasteiger partial charge in [0.1, 0.15) is 4.91 Å². The summed E-state index contributed by atoms with van der Waals surface area (Å²) in [4.78, 5) is 24.7. The molecule has 0 aliphatic carbocycles. The van der Waals surface area contributed by atoms with Gasteiger partial charge in [-0.25, -0.2) is 9.59 Å². The third-order valence-corrected chi connectivity index (χ3v) is 4.97. The molecule has 2 rings (SSSR count). The number of rotatable bonds is 5. The molecule has 0 bridgehead atoms. The summed E-state index contributed by atoms with van der Waals surface area (Å²) in [5.41, 5.74) is 6.61. The average molecular weight is 390 g/mol. The predicted molar refractivity (Wildman–Crippen MR) is 97.8 cm³/mol. The number of nitrogens with zero attached hydrogens (tertiary/aromatic N) is 1. The van der Waals surface area contributed by atoms with Gasteiger partial charge in [-0.1, -0.05) is 17.8 Å². The number of nitriles is 1. The normalized spacial score (nSPS) is 16.5. The van der Waals surface area contributed by atoms with Gasteiger partial charge in [0.05, 0.1) is 56.6 Å². The topological polar surface area (TPSA) is 121 Å². The number of carbonyl (C=O) groups is 2. The van der Waals surface area contributed by atoms with Crippen LogP contribution in [0.15, 0.2) is 39.3 Å². The molecule has 0 fully saturated rings. The minimum atomic E-state index is -0.919. The van der Waals surface area contributed by atoms with E-state index in [1.165, 1.54) is 28.4 Å². The van der Waals surface area contributed by atoms with Crippen LogP contribution in [-0.2, 0) is 19.1 Å². The van der Waals surface area contributed by atoms with Crippen LogP contribution in [0.1, 0.15) is 11.5 Å². The molecule has 27 heavy (non-hydrogen) atoms. The molecular formula is C18H18N2O6S. The highest BCUT2D eigenvalue weighted by Gasteiger charge is 2.39. The second-order valence-corrected chi connectivity index (χ2v) is 6.32. The number of hydrogen-bond acceptors (Lipinski definition) is 9. The highest BCUT2D eigenvalue weighted by molar-refractivity contribution is 8.07. The third-order valence-electron chi connectivity index (χ3n) is 3.94. The maximum absolute atomic E-state index is 12.5. The highest BCUT2D eigenvalue weighted by Crippen LogP contribution is 2.47. The minimum absolute atomic E-state index is 0.0210. The number of methoxy groups -OCH3 is 4. The van der Waals surface area contributed by atoms with Crippen LogP contribution in [0.25, 0.3) is 0 Å². The first-order valence-corrected chi connectivity index (χ1v) is 8.45. The molecule has 0 saturated carbocycles. The van der Waals surface area contributed by atoms with Gasteiger partial charge >= 0.3 is 11.9 Å². The molecule has 0 amide bonds. The van der Waals surface area contributed by atoms with E-state index >= 15 is 0 Å². The first-order chi connectivity index (χ1) is 12.9. The van der Waals surface area contributed by atoms with Crippen molar-refractivity contribution in [1.82, 2.24) is 0 Å². The molecule has 0 radical (unpaired) electrons. The maximum atomic E-state index is 12.5. The van der Waals surface area contributed by atoms with E-state index < -0.39 is 17.9 Å². The second-order valence-electron chi connectivity index (χ2n) is 5.27. The van der Waals surface area contributed by atoms with Crippen molar-refractivity contribution in [2.45, 2.75) is 5.92 Å². The zero-order valence-electron chi connectivity index (χ0n) is 15.2. The Balaban J connectivity index is 2.78. The number of allylic oxidation sites excluding steroid dienone is 1. The molecule has 8 nitrogen and oxygen atoms in total. The number of esters is 2. The second kappa shape index (κ2) is 8.51. The number of thioether (sulfide) groups is 1. The molecule has 1 aromatic rings. The molecule has 1 unspecified atom stereocenters. The molecule has 1 heterocycles. The monoisotopic (exact) mass is 390 g/mol. The van der Waals surface area contributed by atoms with Crippen molar-refractivity contribution in [3.05, 3.63) is 44.8 Å². The van der Waals surface area contributed by atoms with E-state index in [2.05, 4.69) is 0 Å². The summed E-state index contributed by atoms with van der Waals surface area (Å²) >= 11 is 0.803. The lowest BCUT2D eigenvalue weighted by molar-refractivity contribution is -0.139. The van der Waals surface area contributed by atoms with Crippen LogP contribution in [0.4, 0.5) is 0 Å². The summed E-state index contributed by atoms with van der Waals surface area (Å²) < 4.78 is 20.1. The number of benzene rings is 1. The predicted octanol–water partition coefficient (Wildman–Crippen LogP) is 1.83.